The fourth-order valence-electron chi connectivity index (χ4n) is 7.14. The first-order valence-electron chi connectivity index (χ1n) is 16.4. The minimum absolute atomic E-state index is 0.657. The van der Waals surface area contributed by atoms with E-state index in [1.807, 2.05) is 29.5 Å². The molecule has 0 bridgehead atoms. The summed E-state index contributed by atoms with van der Waals surface area (Å²) < 4.78 is 2.51. The van der Waals surface area contributed by atoms with E-state index in [0.29, 0.717) is 17.5 Å². The minimum atomic E-state index is 0.657. The topological polar surface area (TPSA) is 38.7 Å². The lowest BCUT2D eigenvalue weighted by atomic mass is 9.95. The second-order valence-corrected chi connectivity index (χ2v) is 13.4. The molecule has 0 aliphatic heterocycles. The molecule has 49 heavy (non-hydrogen) atoms. The molecule has 8 aromatic carbocycles. The summed E-state index contributed by atoms with van der Waals surface area (Å²) in [6, 6.07) is 57.9. The number of hydrogen-bond acceptors (Lipinski definition) is 4. The van der Waals surface area contributed by atoms with Crippen molar-refractivity contribution in [3.05, 3.63) is 164 Å². The van der Waals surface area contributed by atoms with Gasteiger partial charge in [-0.3, -0.25) is 0 Å². The second-order valence-electron chi connectivity index (χ2n) is 12.4. The van der Waals surface area contributed by atoms with Gasteiger partial charge in [0.15, 0.2) is 17.5 Å². The fraction of sp³-hybridized carbons (Fsp3) is 0. The molecule has 10 rings (SSSR count). The Morgan fingerprint density at radius 3 is 1.76 bits per heavy atom. The predicted molar refractivity (Wildman–Crippen MR) is 207 cm³/mol. The highest BCUT2D eigenvalue weighted by molar-refractivity contribution is 7.27. The number of fused-ring (bicyclic) bond motifs is 8. The van der Waals surface area contributed by atoms with Crippen LogP contribution < -0.4 is 0 Å². The van der Waals surface area contributed by atoms with Crippen molar-refractivity contribution in [1.82, 2.24) is 15.0 Å². The number of nitrogens with zero attached hydrogens (tertiary/aromatic N) is 3. The zero-order valence-corrected chi connectivity index (χ0v) is 27.2. The zero-order chi connectivity index (χ0) is 32.3. The van der Waals surface area contributed by atoms with E-state index in [1.165, 1.54) is 58.2 Å². The van der Waals surface area contributed by atoms with Crippen LogP contribution >= 0.6 is 11.3 Å². The summed E-state index contributed by atoms with van der Waals surface area (Å²) in [6.07, 6.45) is 0. The van der Waals surface area contributed by atoms with Gasteiger partial charge in [-0.15, -0.1) is 11.3 Å². The Bertz CT molecular complexity index is 2880. The first kappa shape index (κ1) is 27.8. The van der Waals surface area contributed by atoms with Crippen LogP contribution in [0.3, 0.4) is 0 Å². The first-order valence-corrected chi connectivity index (χ1v) is 17.3. The van der Waals surface area contributed by atoms with Crippen LogP contribution in [0.5, 0.6) is 0 Å². The summed E-state index contributed by atoms with van der Waals surface area (Å²) in [6.45, 7) is 0. The molecule has 0 aliphatic rings. The Balaban J connectivity index is 1.33. The quantitative estimate of drug-likeness (QED) is 0.180. The van der Waals surface area contributed by atoms with Crippen molar-refractivity contribution in [2.75, 3.05) is 0 Å². The van der Waals surface area contributed by atoms with E-state index in [1.54, 1.807) is 0 Å². The molecule has 10 aromatic rings. The lowest BCUT2D eigenvalue weighted by molar-refractivity contribution is 1.08. The van der Waals surface area contributed by atoms with Crippen molar-refractivity contribution in [3.8, 4) is 45.3 Å². The van der Waals surface area contributed by atoms with Crippen LogP contribution in [-0.4, -0.2) is 15.0 Å². The number of thiophene rings is 1. The molecule has 2 heterocycles. The molecule has 3 nitrogen and oxygen atoms in total. The van der Waals surface area contributed by atoms with Crippen LogP contribution in [0, 0.1) is 0 Å². The molecular formula is C45H27N3S. The van der Waals surface area contributed by atoms with Crippen molar-refractivity contribution in [3.63, 3.8) is 0 Å². The monoisotopic (exact) mass is 641 g/mol. The maximum atomic E-state index is 5.27. The van der Waals surface area contributed by atoms with Crippen molar-refractivity contribution in [1.29, 1.82) is 0 Å². The standard InChI is InChI=1S/C45H27N3S/c1-3-13-29(14-4-1)36-20-11-21-37-40-38(27-33-24-23-30-15-9-10-19-35(30)39(33)42(40)49-41(36)37)45-47-43(31-16-5-2-6-17-31)46-44(48-45)34-25-22-28-12-7-8-18-32(28)26-34/h1-27H. The Labute approximate surface area is 286 Å². The van der Waals surface area contributed by atoms with E-state index in [4.69, 9.17) is 15.0 Å². The SMILES string of the molecule is c1ccc(-c2nc(-c3ccc4ccccc4c3)nc(-c3cc4ccc5ccccc5c4c4sc5c(-c6ccccc6)cccc5c34)n2)cc1. The molecule has 0 unspecified atom stereocenters. The molecule has 2 aromatic heterocycles. The number of aromatic nitrogens is 3. The number of hydrogen-bond donors (Lipinski definition) is 0. The summed E-state index contributed by atoms with van der Waals surface area (Å²) in [7, 11) is 0. The van der Waals surface area contributed by atoms with E-state index in [2.05, 4.69) is 146 Å². The smallest absolute Gasteiger partial charge is 0.164 e. The highest BCUT2D eigenvalue weighted by atomic mass is 32.1. The van der Waals surface area contributed by atoms with Gasteiger partial charge >= 0.3 is 0 Å². The van der Waals surface area contributed by atoms with Crippen molar-refractivity contribution < 1.29 is 0 Å². The minimum Gasteiger partial charge on any atom is -0.208 e. The maximum Gasteiger partial charge on any atom is 0.164 e. The molecule has 0 saturated heterocycles. The van der Waals surface area contributed by atoms with Gasteiger partial charge in [-0.2, -0.15) is 0 Å². The van der Waals surface area contributed by atoms with Crippen molar-refractivity contribution in [2.24, 2.45) is 0 Å². The fourth-order valence-corrected chi connectivity index (χ4v) is 8.58. The largest absolute Gasteiger partial charge is 0.208 e. The number of benzene rings is 8. The molecule has 0 radical (unpaired) electrons. The molecule has 0 amide bonds. The summed E-state index contributed by atoms with van der Waals surface area (Å²) >= 11 is 1.87. The summed E-state index contributed by atoms with van der Waals surface area (Å²) in [5, 5.41) is 9.65. The maximum absolute atomic E-state index is 5.27. The molecule has 0 atom stereocenters. The summed E-state index contributed by atoms with van der Waals surface area (Å²) in [5.41, 5.74) is 5.37. The molecule has 0 spiro atoms. The lowest BCUT2D eigenvalue weighted by Crippen LogP contribution is -2.00. The average Bonchev–Trinajstić information content (AvgIpc) is 3.58. The number of rotatable bonds is 4. The molecule has 4 heteroatoms. The Kier molecular flexibility index (Phi) is 6.36. The van der Waals surface area contributed by atoms with Gasteiger partial charge in [0.25, 0.3) is 0 Å². The molecule has 228 valence electrons. The highest BCUT2D eigenvalue weighted by Gasteiger charge is 2.21. The Morgan fingerprint density at radius 2 is 0.939 bits per heavy atom. The third kappa shape index (κ3) is 4.61. The van der Waals surface area contributed by atoms with Crippen LogP contribution in [-0.2, 0) is 0 Å². The van der Waals surface area contributed by atoms with Crippen LogP contribution in [0.15, 0.2) is 164 Å². The molecule has 0 aliphatic carbocycles. The van der Waals surface area contributed by atoms with E-state index in [9.17, 15) is 0 Å². The van der Waals surface area contributed by atoms with Crippen LogP contribution in [0.1, 0.15) is 0 Å². The summed E-state index contributed by atoms with van der Waals surface area (Å²) in [4.78, 5) is 15.6. The van der Waals surface area contributed by atoms with Crippen molar-refractivity contribution >= 4 is 63.8 Å². The van der Waals surface area contributed by atoms with Crippen LogP contribution in [0.25, 0.3) is 97.8 Å². The van der Waals surface area contributed by atoms with E-state index < -0.39 is 0 Å². The van der Waals surface area contributed by atoms with Gasteiger partial charge in [0.05, 0.1) is 0 Å². The molecule has 0 N–H and O–H groups in total. The van der Waals surface area contributed by atoms with Gasteiger partial charge in [-0.1, -0.05) is 152 Å². The van der Waals surface area contributed by atoms with Gasteiger partial charge in [-0.25, -0.2) is 15.0 Å². The van der Waals surface area contributed by atoms with E-state index in [0.717, 1.165) is 22.1 Å². The molecular weight excluding hydrogens is 615 g/mol. The van der Waals surface area contributed by atoms with Gasteiger partial charge in [-0.05, 0) is 50.2 Å². The first-order chi connectivity index (χ1) is 24.3. The normalized spacial score (nSPS) is 11.7. The van der Waals surface area contributed by atoms with Crippen LogP contribution in [0.4, 0.5) is 0 Å². The van der Waals surface area contributed by atoms with Gasteiger partial charge in [0, 0.05) is 42.2 Å². The molecule has 0 saturated carbocycles. The lowest BCUT2D eigenvalue weighted by Gasteiger charge is -2.12. The average molecular weight is 642 g/mol. The zero-order valence-electron chi connectivity index (χ0n) is 26.3. The Hall–Kier alpha value is -6.23. The van der Waals surface area contributed by atoms with Gasteiger partial charge in [0.1, 0.15) is 0 Å². The third-order valence-corrected chi connectivity index (χ3v) is 10.7. The third-order valence-electron chi connectivity index (χ3n) is 9.47. The Morgan fingerprint density at radius 1 is 0.327 bits per heavy atom. The van der Waals surface area contributed by atoms with E-state index in [-0.39, 0.29) is 0 Å². The van der Waals surface area contributed by atoms with Gasteiger partial charge < -0.3 is 0 Å². The van der Waals surface area contributed by atoms with Gasteiger partial charge in [0.2, 0.25) is 0 Å². The second kappa shape index (κ2) is 11.2. The predicted octanol–water partition coefficient (Wildman–Crippen LogP) is 12.4. The van der Waals surface area contributed by atoms with Crippen molar-refractivity contribution in [2.45, 2.75) is 0 Å². The highest BCUT2D eigenvalue weighted by Crippen LogP contribution is 2.48. The van der Waals surface area contributed by atoms with Crippen LogP contribution in [0.2, 0.25) is 0 Å². The summed E-state index contributed by atoms with van der Waals surface area (Å²) in [5.74, 6) is 1.98. The van der Waals surface area contributed by atoms with E-state index >= 15 is 0 Å². The molecule has 0 fully saturated rings.